The summed E-state index contributed by atoms with van der Waals surface area (Å²) in [7, 11) is 0. The molecule has 4 heteroatoms. The SMILES string of the molecule is C=CNCCCF.CC.CCCCN=N. The van der Waals surface area contributed by atoms with Gasteiger partial charge in [0.2, 0.25) is 0 Å². The summed E-state index contributed by atoms with van der Waals surface area (Å²) in [6.07, 6.45) is 4.34. The van der Waals surface area contributed by atoms with E-state index in [4.69, 9.17) is 5.53 Å². The molecular weight excluding hydrogens is 193 g/mol. The van der Waals surface area contributed by atoms with Crippen LogP contribution in [0.1, 0.15) is 40.0 Å². The molecule has 3 nitrogen and oxygen atoms in total. The molecule has 0 aliphatic rings. The summed E-state index contributed by atoms with van der Waals surface area (Å²) in [5, 5.41) is 5.95. The van der Waals surface area contributed by atoms with Gasteiger partial charge in [0.25, 0.3) is 0 Å². The maximum absolute atomic E-state index is 11.2. The lowest BCUT2D eigenvalue weighted by Gasteiger charge is -1.91. The maximum Gasteiger partial charge on any atom is 0.0911 e. The molecule has 0 amide bonds. The molecule has 92 valence electrons. The van der Waals surface area contributed by atoms with E-state index >= 15 is 0 Å². The van der Waals surface area contributed by atoms with Gasteiger partial charge < -0.3 is 5.32 Å². The normalized spacial score (nSPS) is 7.47. The van der Waals surface area contributed by atoms with Crippen molar-refractivity contribution in [3.8, 4) is 0 Å². The monoisotopic (exact) mass is 219 g/mol. The smallest absolute Gasteiger partial charge is 0.0911 e. The standard InChI is InChI=1S/C5H10FN.C4H10N2.C2H6/c1-2-7-5-3-4-6;1-2-3-4-6-5;1-2/h2,7H,1,3-5H2;5H,2-4H2,1H3;1-2H3. The summed E-state index contributed by atoms with van der Waals surface area (Å²) in [6.45, 7) is 10.6. The van der Waals surface area contributed by atoms with Crippen molar-refractivity contribution in [2.45, 2.75) is 40.0 Å². The lowest BCUT2D eigenvalue weighted by atomic mass is 10.3. The summed E-state index contributed by atoms with van der Waals surface area (Å²) in [5.41, 5.74) is 6.33. The highest BCUT2D eigenvalue weighted by atomic mass is 19.1. The van der Waals surface area contributed by atoms with Crippen LogP contribution in [0.5, 0.6) is 0 Å². The first-order chi connectivity index (χ1) is 7.33. The fourth-order valence-corrected chi connectivity index (χ4v) is 0.508. The van der Waals surface area contributed by atoms with Gasteiger partial charge in [0.15, 0.2) is 0 Å². The van der Waals surface area contributed by atoms with Crippen molar-refractivity contribution in [1.82, 2.24) is 5.32 Å². The van der Waals surface area contributed by atoms with E-state index in [1.165, 1.54) is 0 Å². The van der Waals surface area contributed by atoms with Crippen LogP contribution < -0.4 is 5.32 Å². The molecule has 0 aromatic rings. The lowest BCUT2D eigenvalue weighted by Crippen LogP contribution is -2.05. The molecule has 0 atom stereocenters. The third-order valence-corrected chi connectivity index (χ3v) is 1.22. The van der Waals surface area contributed by atoms with Crippen LogP contribution in [0.15, 0.2) is 17.9 Å². The van der Waals surface area contributed by atoms with E-state index in [0.717, 1.165) is 12.8 Å². The molecule has 0 bridgehead atoms. The zero-order valence-electron chi connectivity index (χ0n) is 10.4. The quantitative estimate of drug-likeness (QED) is 0.495. The van der Waals surface area contributed by atoms with Crippen molar-refractivity contribution in [2.75, 3.05) is 19.8 Å². The van der Waals surface area contributed by atoms with Crippen molar-refractivity contribution < 1.29 is 4.39 Å². The summed E-state index contributed by atoms with van der Waals surface area (Å²) < 4.78 is 11.2. The molecule has 0 unspecified atom stereocenters. The zero-order valence-corrected chi connectivity index (χ0v) is 10.4. The fraction of sp³-hybridized carbons (Fsp3) is 0.818. The second kappa shape index (κ2) is 29.2. The number of unbranched alkanes of at least 4 members (excludes halogenated alkanes) is 1. The average molecular weight is 219 g/mol. The van der Waals surface area contributed by atoms with Gasteiger partial charge in [-0.15, -0.1) is 0 Å². The van der Waals surface area contributed by atoms with E-state index in [2.05, 4.69) is 23.9 Å². The van der Waals surface area contributed by atoms with Gasteiger partial charge in [-0.2, -0.15) is 5.11 Å². The number of hydrogen-bond acceptors (Lipinski definition) is 3. The number of hydrogen-bond donors (Lipinski definition) is 2. The molecule has 0 aliphatic heterocycles. The summed E-state index contributed by atoms with van der Waals surface area (Å²) in [6, 6.07) is 0. The lowest BCUT2D eigenvalue weighted by molar-refractivity contribution is 0.469. The molecule has 2 N–H and O–H groups in total. The van der Waals surface area contributed by atoms with Gasteiger partial charge in [0, 0.05) is 6.54 Å². The molecule has 0 saturated carbocycles. The third-order valence-electron chi connectivity index (χ3n) is 1.22. The van der Waals surface area contributed by atoms with E-state index in [0.29, 0.717) is 19.5 Å². The van der Waals surface area contributed by atoms with Crippen LogP contribution in [0, 0.1) is 5.53 Å². The minimum atomic E-state index is -0.249. The van der Waals surface area contributed by atoms with E-state index in [-0.39, 0.29) is 6.67 Å². The van der Waals surface area contributed by atoms with Gasteiger partial charge in [-0.1, -0.05) is 33.8 Å². The number of nitrogens with zero attached hydrogens (tertiary/aromatic N) is 1. The van der Waals surface area contributed by atoms with Crippen molar-refractivity contribution >= 4 is 0 Å². The van der Waals surface area contributed by atoms with Crippen LogP contribution in [0.25, 0.3) is 0 Å². The molecule has 0 radical (unpaired) electrons. The van der Waals surface area contributed by atoms with Crippen LogP contribution in [0.4, 0.5) is 4.39 Å². The maximum atomic E-state index is 11.2. The number of rotatable bonds is 7. The Hall–Kier alpha value is -0.930. The predicted molar refractivity (Wildman–Crippen MR) is 65.1 cm³/mol. The largest absolute Gasteiger partial charge is 0.391 e. The first-order valence-electron chi connectivity index (χ1n) is 5.56. The van der Waals surface area contributed by atoms with Crippen LogP contribution >= 0.6 is 0 Å². The molecule has 0 rings (SSSR count). The number of halogens is 1. The molecule has 0 fully saturated rings. The highest BCUT2D eigenvalue weighted by Gasteiger charge is 1.77. The number of nitrogens with one attached hydrogen (secondary N) is 2. The molecule has 15 heavy (non-hydrogen) atoms. The highest BCUT2D eigenvalue weighted by Crippen LogP contribution is 1.83. The minimum absolute atomic E-state index is 0.249. The van der Waals surface area contributed by atoms with Crippen LogP contribution in [0.3, 0.4) is 0 Å². The second-order valence-electron chi connectivity index (χ2n) is 2.44. The second-order valence-corrected chi connectivity index (χ2v) is 2.44. The summed E-state index contributed by atoms with van der Waals surface area (Å²) in [5.74, 6) is 0. The molecular formula is C11H26FN3. The van der Waals surface area contributed by atoms with Crippen LogP contribution in [0.2, 0.25) is 0 Å². The zero-order chi connectivity index (χ0) is 12.4. The average Bonchev–Trinajstić information content (AvgIpc) is 2.31. The molecule has 0 aromatic heterocycles. The fourth-order valence-electron chi connectivity index (χ4n) is 0.508. The van der Waals surface area contributed by atoms with Gasteiger partial charge >= 0.3 is 0 Å². The molecule has 0 spiro atoms. The van der Waals surface area contributed by atoms with Gasteiger partial charge in [-0.25, -0.2) is 5.53 Å². The molecule has 0 heterocycles. The first kappa shape index (κ1) is 19.6. The Bertz CT molecular complexity index is 108. The Morgan fingerprint density at radius 2 is 2.00 bits per heavy atom. The topological polar surface area (TPSA) is 48.2 Å². The van der Waals surface area contributed by atoms with Gasteiger partial charge in [-0.05, 0) is 19.0 Å². The Morgan fingerprint density at radius 1 is 1.40 bits per heavy atom. The van der Waals surface area contributed by atoms with E-state index in [1.54, 1.807) is 6.20 Å². The minimum Gasteiger partial charge on any atom is -0.391 e. The molecule has 0 aromatic carbocycles. The van der Waals surface area contributed by atoms with Crippen molar-refractivity contribution in [2.24, 2.45) is 5.11 Å². The van der Waals surface area contributed by atoms with Crippen molar-refractivity contribution in [3.63, 3.8) is 0 Å². The van der Waals surface area contributed by atoms with E-state index < -0.39 is 0 Å². The van der Waals surface area contributed by atoms with Gasteiger partial charge in [-0.3, -0.25) is 4.39 Å². The van der Waals surface area contributed by atoms with E-state index in [1.807, 2.05) is 13.8 Å². The van der Waals surface area contributed by atoms with Crippen LogP contribution in [-0.2, 0) is 0 Å². The predicted octanol–water partition coefficient (Wildman–Crippen LogP) is 3.92. The Kier molecular flexibility index (Phi) is 38.2. The van der Waals surface area contributed by atoms with Crippen molar-refractivity contribution in [3.05, 3.63) is 12.8 Å². The Balaban J connectivity index is -0.000000166. The van der Waals surface area contributed by atoms with Gasteiger partial charge in [0.1, 0.15) is 0 Å². The van der Waals surface area contributed by atoms with Crippen LogP contribution in [-0.4, -0.2) is 19.8 Å². The summed E-state index contributed by atoms with van der Waals surface area (Å²) >= 11 is 0. The van der Waals surface area contributed by atoms with Crippen molar-refractivity contribution in [1.29, 1.82) is 5.53 Å². The number of alkyl halides is 1. The summed E-state index contributed by atoms with van der Waals surface area (Å²) in [4.78, 5) is 0. The molecule has 0 aliphatic carbocycles. The Labute approximate surface area is 93.7 Å². The highest BCUT2D eigenvalue weighted by molar-refractivity contribution is 4.61. The molecule has 0 saturated heterocycles. The Morgan fingerprint density at radius 3 is 2.27 bits per heavy atom. The first-order valence-corrected chi connectivity index (χ1v) is 5.56. The van der Waals surface area contributed by atoms with Gasteiger partial charge in [0.05, 0.1) is 13.2 Å². The third kappa shape index (κ3) is 43.5. The van der Waals surface area contributed by atoms with E-state index in [9.17, 15) is 4.39 Å².